The van der Waals surface area contributed by atoms with Crippen molar-refractivity contribution in [1.82, 2.24) is 10.3 Å². The molecule has 0 aliphatic heterocycles. The molecule has 0 aliphatic rings. The molecule has 1 atom stereocenters. The first-order chi connectivity index (χ1) is 8.81. The van der Waals surface area contributed by atoms with E-state index in [1.54, 1.807) is 26.0 Å². The number of aromatic nitrogens is 1. The van der Waals surface area contributed by atoms with Gasteiger partial charge in [-0.15, -0.1) is 0 Å². The number of carboxylic acid groups (broad SMARTS) is 1. The zero-order valence-corrected chi connectivity index (χ0v) is 10.6. The summed E-state index contributed by atoms with van der Waals surface area (Å²) in [6.45, 7) is 3.42. The Labute approximate surface area is 109 Å². The first-order valence-corrected chi connectivity index (χ1v) is 5.57. The summed E-state index contributed by atoms with van der Waals surface area (Å²) in [5.41, 5.74) is 6.43. The highest BCUT2D eigenvalue weighted by atomic mass is 16.4. The number of carboxylic acids is 1. The molecule has 7 nitrogen and oxygen atoms in total. The number of carbonyl (C=O) groups is 3. The van der Waals surface area contributed by atoms with Gasteiger partial charge in [0.2, 0.25) is 5.91 Å². The maximum absolute atomic E-state index is 11.9. The van der Waals surface area contributed by atoms with Crippen LogP contribution >= 0.6 is 0 Å². The number of carbonyl (C=O) groups excluding carboxylic acids is 2. The van der Waals surface area contributed by atoms with Gasteiger partial charge in [-0.05, 0) is 26.0 Å². The fourth-order valence-corrected chi connectivity index (χ4v) is 1.56. The van der Waals surface area contributed by atoms with Gasteiger partial charge < -0.3 is 16.2 Å². The van der Waals surface area contributed by atoms with Crippen LogP contribution < -0.4 is 11.1 Å². The minimum absolute atomic E-state index is 0.265. The Morgan fingerprint density at radius 2 is 2.00 bits per heavy atom. The zero-order chi connectivity index (χ0) is 14.6. The Morgan fingerprint density at radius 3 is 2.47 bits per heavy atom. The van der Waals surface area contributed by atoms with Gasteiger partial charge in [-0.2, -0.15) is 0 Å². The quantitative estimate of drug-likeness (QED) is 0.678. The van der Waals surface area contributed by atoms with Crippen molar-refractivity contribution in [1.29, 1.82) is 0 Å². The summed E-state index contributed by atoms with van der Waals surface area (Å²) in [5.74, 6) is -2.71. The maximum atomic E-state index is 11.9. The van der Waals surface area contributed by atoms with Crippen LogP contribution in [0.2, 0.25) is 0 Å². The van der Waals surface area contributed by atoms with Gasteiger partial charge in [0.25, 0.3) is 5.91 Å². The largest absolute Gasteiger partial charge is 0.480 e. The van der Waals surface area contributed by atoms with Gasteiger partial charge in [-0.25, -0.2) is 4.79 Å². The van der Waals surface area contributed by atoms with Crippen LogP contribution in [0.1, 0.15) is 28.2 Å². The summed E-state index contributed by atoms with van der Waals surface area (Å²) in [4.78, 5) is 37.7. The Kier molecular flexibility index (Phi) is 4.57. The van der Waals surface area contributed by atoms with E-state index in [9.17, 15) is 14.4 Å². The Bertz CT molecular complexity index is 528. The van der Waals surface area contributed by atoms with E-state index in [0.29, 0.717) is 5.69 Å². The minimum atomic E-state index is -1.34. The molecule has 1 unspecified atom stereocenters. The van der Waals surface area contributed by atoms with Crippen molar-refractivity contribution in [3.05, 3.63) is 29.1 Å². The number of nitrogens with zero attached hydrogens (tertiary/aromatic N) is 1. The fraction of sp³-hybridized carbons (Fsp3) is 0.333. The molecule has 19 heavy (non-hydrogen) atoms. The number of nitrogens with one attached hydrogen (secondary N) is 1. The first kappa shape index (κ1) is 14.6. The number of aliphatic carboxylic acids is 1. The van der Waals surface area contributed by atoms with Crippen LogP contribution in [-0.2, 0) is 9.59 Å². The normalized spacial score (nSPS) is 11.7. The lowest BCUT2D eigenvalue weighted by Gasteiger charge is -2.13. The lowest BCUT2D eigenvalue weighted by atomic mass is 10.1. The van der Waals surface area contributed by atoms with Crippen LogP contribution in [0.4, 0.5) is 0 Å². The molecule has 0 spiro atoms. The van der Waals surface area contributed by atoms with Crippen molar-refractivity contribution < 1.29 is 19.5 Å². The number of nitrogens with two attached hydrogens (primary N) is 1. The summed E-state index contributed by atoms with van der Waals surface area (Å²) in [6.07, 6.45) is -0.459. The number of primary amides is 1. The average molecular weight is 265 g/mol. The highest BCUT2D eigenvalue weighted by Crippen LogP contribution is 2.07. The molecule has 2 amide bonds. The molecular formula is C12H15N3O4. The minimum Gasteiger partial charge on any atom is -0.480 e. The smallest absolute Gasteiger partial charge is 0.326 e. The number of rotatable bonds is 5. The second-order valence-corrected chi connectivity index (χ2v) is 4.12. The number of amides is 2. The molecule has 1 aromatic heterocycles. The van der Waals surface area contributed by atoms with Crippen molar-refractivity contribution in [3.63, 3.8) is 0 Å². The van der Waals surface area contributed by atoms with Crippen LogP contribution in [0, 0.1) is 13.8 Å². The monoisotopic (exact) mass is 265 g/mol. The van der Waals surface area contributed by atoms with E-state index in [1.165, 1.54) is 0 Å². The van der Waals surface area contributed by atoms with E-state index < -0.39 is 30.2 Å². The first-order valence-electron chi connectivity index (χ1n) is 5.57. The summed E-state index contributed by atoms with van der Waals surface area (Å²) < 4.78 is 0. The Hall–Kier alpha value is -2.44. The number of hydrogen-bond donors (Lipinski definition) is 3. The zero-order valence-electron chi connectivity index (χ0n) is 10.6. The van der Waals surface area contributed by atoms with Crippen molar-refractivity contribution in [2.75, 3.05) is 0 Å². The standard InChI is InChI=1S/C12H15N3O4/c1-6-3-4-8(7(2)14-6)11(17)15-9(12(18)19)5-10(13)16/h3-4,9H,5H2,1-2H3,(H2,13,16)(H,15,17)(H,18,19). The molecular weight excluding hydrogens is 250 g/mol. The van der Waals surface area contributed by atoms with E-state index in [0.717, 1.165) is 5.69 Å². The van der Waals surface area contributed by atoms with E-state index in [4.69, 9.17) is 10.8 Å². The van der Waals surface area contributed by atoms with E-state index in [-0.39, 0.29) is 5.56 Å². The third kappa shape index (κ3) is 4.06. The van der Waals surface area contributed by atoms with Crippen LogP contribution in [0.5, 0.6) is 0 Å². The Balaban J connectivity index is 2.87. The lowest BCUT2D eigenvalue weighted by Crippen LogP contribution is -2.43. The van der Waals surface area contributed by atoms with Crippen molar-refractivity contribution >= 4 is 17.8 Å². The van der Waals surface area contributed by atoms with Crippen LogP contribution in [-0.4, -0.2) is 33.9 Å². The highest BCUT2D eigenvalue weighted by Gasteiger charge is 2.23. The average Bonchev–Trinajstić information content (AvgIpc) is 2.26. The molecule has 0 aromatic carbocycles. The van der Waals surface area contributed by atoms with Crippen LogP contribution in [0.25, 0.3) is 0 Å². The van der Waals surface area contributed by atoms with Gasteiger partial charge >= 0.3 is 5.97 Å². The lowest BCUT2D eigenvalue weighted by molar-refractivity contribution is -0.140. The van der Waals surface area contributed by atoms with Crippen molar-refractivity contribution in [2.45, 2.75) is 26.3 Å². The summed E-state index contributed by atoms with van der Waals surface area (Å²) in [6, 6.07) is 1.85. The topological polar surface area (TPSA) is 122 Å². The number of aryl methyl sites for hydroxylation is 2. The summed E-state index contributed by atoms with van der Waals surface area (Å²) in [5, 5.41) is 11.1. The molecule has 1 rings (SSSR count). The molecule has 0 fully saturated rings. The van der Waals surface area contributed by atoms with E-state index in [2.05, 4.69) is 10.3 Å². The van der Waals surface area contributed by atoms with E-state index >= 15 is 0 Å². The Morgan fingerprint density at radius 1 is 1.37 bits per heavy atom. The van der Waals surface area contributed by atoms with Gasteiger partial charge in [0.1, 0.15) is 6.04 Å². The molecule has 0 aliphatic carbocycles. The third-order valence-electron chi connectivity index (χ3n) is 2.48. The van der Waals surface area contributed by atoms with Crippen molar-refractivity contribution in [2.24, 2.45) is 5.73 Å². The second kappa shape index (κ2) is 5.94. The van der Waals surface area contributed by atoms with Crippen LogP contribution in [0.15, 0.2) is 12.1 Å². The number of hydrogen-bond acceptors (Lipinski definition) is 4. The maximum Gasteiger partial charge on any atom is 0.326 e. The predicted molar refractivity (Wildman–Crippen MR) is 66.4 cm³/mol. The van der Waals surface area contributed by atoms with Gasteiger partial charge in [-0.3, -0.25) is 14.6 Å². The fourth-order valence-electron chi connectivity index (χ4n) is 1.56. The second-order valence-electron chi connectivity index (χ2n) is 4.12. The molecule has 0 saturated carbocycles. The molecule has 0 radical (unpaired) electrons. The molecule has 1 heterocycles. The van der Waals surface area contributed by atoms with Gasteiger partial charge in [0.05, 0.1) is 17.7 Å². The molecule has 102 valence electrons. The SMILES string of the molecule is Cc1ccc(C(=O)NC(CC(N)=O)C(=O)O)c(C)n1. The van der Waals surface area contributed by atoms with E-state index in [1.807, 2.05) is 0 Å². The molecule has 7 heteroatoms. The van der Waals surface area contributed by atoms with Gasteiger partial charge in [0.15, 0.2) is 0 Å². The number of pyridine rings is 1. The molecule has 0 bridgehead atoms. The molecule has 4 N–H and O–H groups in total. The molecule has 1 aromatic rings. The van der Waals surface area contributed by atoms with Crippen LogP contribution in [0.3, 0.4) is 0 Å². The summed E-state index contributed by atoms with van der Waals surface area (Å²) >= 11 is 0. The highest BCUT2D eigenvalue weighted by molar-refractivity contribution is 5.98. The summed E-state index contributed by atoms with van der Waals surface area (Å²) in [7, 11) is 0. The molecule has 0 saturated heterocycles. The van der Waals surface area contributed by atoms with Gasteiger partial charge in [-0.1, -0.05) is 0 Å². The van der Waals surface area contributed by atoms with Gasteiger partial charge in [0, 0.05) is 5.69 Å². The van der Waals surface area contributed by atoms with Crippen molar-refractivity contribution in [3.8, 4) is 0 Å². The predicted octanol–water partition coefficient (Wildman–Crippen LogP) is -0.243. The third-order valence-corrected chi connectivity index (χ3v) is 2.48.